The molecule has 0 saturated carbocycles. The first-order valence-corrected chi connectivity index (χ1v) is 13.6. The molecule has 1 aliphatic heterocycles. The molecule has 3 heterocycles. The van der Waals surface area contributed by atoms with Crippen molar-refractivity contribution in [2.75, 3.05) is 18.8 Å². The van der Waals surface area contributed by atoms with Crippen LogP contribution < -0.4 is 16.4 Å². The maximum Gasteiger partial charge on any atom is 0.274 e. The van der Waals surface area contributed by atoms with Crippen LogP contribution in [0.25, 0.3) is 11.3 Å². The number of nitrogens with two attached hydrogens (primary N) is 1. The maximum atomic E-state index is 13.2. The highest BCUT2D eigenvalue weighted by Gasteiger charge is 2.29. The first-order chi connectivity index (χ1) is 20.0. The summed E-state index contributed by atoms with van der Waals surface area (Å²) in [6.07, 6.45) is 7.05. The summed E-state index contributed by atoms with van der Waals surface area (Å²) in [4.78, 5) is 53.4. The van der Waals surface area contributed by atoms with E-state index in [0.29, 0.717) is 41.9 Å². The quantitative estimate of drug-likeness (QED) is 0.336. The van der Waals surface area contributed by atoms with Crippen LogP contribution in [-0.4, -0.2) is 56.7 Å². The first kappa shape index (κ1) is 26.1. The lowest BCUT2D eigenvalue weighted by molar-refractivity contribution is 0.0782. The Hall–Kier alpha value is -5.12. The second-order valence-electron chi connectivity index (χ2n) is 10.3. The number of anilines is 1. The van der Waals surface area contributed by atoms with Crippen molar-refractivity contribution in [2.45, 2.75) is 31.3 Å². The summed E-state index contributed by atoms with van der Waals surface area (Å²) in [5, 5.41) is 6.08. The Morgan fingerprint density at radius 2 is 1.73 bits per heavy atom. The SMILES string of the molecule is Nc1ncc(-c2cccc(C(=O)N[C@H]3CCc4ccccc43)c2)nc1C(=O)N[C@H]1CCN(C(=O)c2ccncc2)C1. The number of nitrogen functional groups attached to an aromatic ring is 1. The van der Waals surface area contributed by atoms with Crippen LogP contribution in [0.4, 0.5) is 5.82 Å². The molecule has 1 fully saturated rings. The van der Waals surface area contributed by atoms with E-state index < -0.39 is 5.91 Å². The van der Waals surface area contributed by atoms with Gasteiger partial charge < -0.3 is 21.3 Å². The molecule has 10 heteroatoms. The molecule has 10 nitrogen and oxygen atoms in total. The number of aromatic nitrogens is 3. The molecular formula is C31H29N7O3. The Balaban J connectivity index is 1.13. The van der Waals surface area contributed by atoms with Crippen molar-refractivity contribution in [3.8, 4) is 11.3 Å². The summed E-state index contributed by atoms with van der Waals surface area (Å²) in [5.74, 6) is -0.745. The molecule has 4 N–H and O–H groups in total. The minimum absolute atomic E-state index is 0.00109. The Morgan fingerprint density at radius 1 is 0.902 bits per heavy atom. The molecule has 3 amide bonds. The topological polar surface area (TPSA) is 143 Å². The second-order valence-corrected chi connectivity index (χ2v) is 10.3. The number of hydrogen-bond donors (Lipinski definition) is 3. The summed E-state index contributed by atoms with van der Waals surface area (Å²) in [6, 6.07) is 18.3. The zero-order valence-corrected chi connectivity index (χ0v) is 22.3. The number of hydrogen-bond acceptors (Lipinski definition) is 7. The predicted molar refractivity (Wildman–Crippen MR) is 153 cm³/mol. The van der Waals surface area contributed by atoms with Crippen molar-refractivity contribution in [1.29, 1.82) is 0 Å². The number of fused-ring (bicyclic) bond motifs is 1. The van der Waals surface area contributed by atoms with Crippen molar-refractivity contribution in [2.24, 2.45) is 0 Å². The lowest BCUT2D eigenvalue weighted by Gasteiger charge is -2.17. The number of pyridine rings is 1. The third-order valence-electron chi connectivity index (χ3n) is 7.61. The summed E-state index contributed by atoms with van der Waals surface area (Å²) in [7, 11) is 0. The third-order valence-corrected chi connectivity index (χ3v) is 7.61. The normalized spacial score (nSPS) is 17.6. The van der Waals surface area contributed by atoms with E-state index in [1.807, 2.05) is 18.2 Å². The van der Waals surface area contributed by atoms with E-state index >= 15 is 0 Å². The predicted octanol–water partition coefficient (Wildman–Crippen LogP) is 3.18. The van der Waals surface area contributed by atoms with E-state index in [2.05, 4.69) is 37.7 Å². The summed E-state index contributed by atoms with van der Waals surface area (Å²) in [5.41, 5.74) is 10.6. The standard InChI is InChI=1S/C31H29N7O3/c32-28-27(30(40)35-23-12-15-38(18-23)31(41)20-10-13-33-14-11-20)36-26(17-34-28)21-5-3-6-22(16-21)29(39)37-25-9-8-19-4-1-2-7-24(19)25/h1-7,10-11,13-14,16-17,23,25H,8-9,12,15,18H2,(H2,32,34)(H,35,40)(H,37,39)/t23-,25-/m0/s1. The van der Waals surface area contributed by atoms with Crippen molar-refractivity contribution in [1.82, 2.24) is 30.5 Å². The van der Waals surface area contributed by atoms with Gasteiger partial charge >= 0.3 is 0 Å². The highest BCUT2D eigenvalue weighted by molar-refractivity contribution is 5.98. The first-order valence-electron chi connectivity index (χ1n) is 13.6. The number of nitrogens with one attached hydrogen (secondary N) is 2. The van der Waals surface area contributed by atoms with E-state index in [1.54, 1.807) is 47.6 Å². The van der Waals surface area contributed by atoms with Crippen molar-refractivity contribution in [3.63, 3.8) is 0 Å². The smallest absolute Gasteiger partial charge is 0.274 e. The zero-order valence-electron chi connectivity index (χ0n) is 22.3. The lowest BCUT2D eigenvalue weighted by Crippen LogP contribution is -2.39. The second kappa shape index (κ2) is 11.2. The minimum Gasteiger partial charge on any atom is -0.382 e. The highest BCUT2D eigenvalue weighted by Crippen LogP contribution is 2.31. The molecule has 1 saturated heterocycles. The Kier molecular flexibility index (Phi) is 7.11. The molecule has 0 unspecified atom stereocenters. The average molecular weight is 548 g/mol. The largest absolute Gasteiger partial charge is 0.382 e. The van der Waals surface area contributed by atoms with Gasteiger partial charge in [-0.1, -0.05) is 36.4 Å². The molecular weight excluding hydrogens is 518 g/mol. The van der Waals surface area contributed by atoms with Gasteiger partial charge in [0.25, 0.3) is 17.7 Å². The lowest BCUT2D eigenvalue weighted by atomic mass is 10.1. The maximum absolute atomic E-state index is 13.2. The van der Waals surface area contributed by atoms with Gasteiger partial charge in [-0.2, -0.15) is 0 Å². The molecule has 2 atom stereocenters. The molecule has 2 aliphatic rings. The van der Waals surface area contributed by atoms with E-state index in [1.165, 1.54) is 11.8 Å². The van der Waals surface area contributed by atoms with Gasteiger partial charge in [0.15, 0.2) is 11.5 Å². The number of nitrogens with zero attached hydrogens (tertiary/aromatic N) is 4. The number of carbonyl (C=O) groups excluding carboxylic acids is 3. The number of carbonyl (C=O) groups is 3. The Labute approximate surface area is 237 Å². The molecule has 41 heavy (non-hydrogen) atoms. The van der Waals surface area contributed by atoms with Crippen LogP contribution in [0.3, 0.4) is 0 Å². The van der Waals surface area contributed by atoms with Gasteiger partial charge in [0.1, 0.15) is 0 Å². The number of rotatable bonds is 6. The molecule has 2 aromatic carbocycles. The van der Waals surface area contributed by atoms with Gasteiger partial charge in [0, 0.05) is 48.2 Å². The molecule has 0 bridgehead atoms. The van der Waals surface area contributed by atoms with E-state index in [-0.39, 0.29) is 35.4 Å². The molecule has 1 aliphatic carbocycles. The van der Waals surface area contributed by atoms with Crippen molar-refractivity contribution < 1.29 is 14.4 Å². The molecule has 206 valence electrons. The fourth-order valence-corrected chi connectivity index (χ4v) is 5.47. The number of likely N-dealkylation sites (tertiary alicyclic amines) is 1. The van der Waals surface area contributed by atoms with Crippen molar-refractivity contribution >= 4 is 23.5 Å². The molecule has 0 spiro atoms. The zero-order chi connectivity index (χ0) is 28.3. The van der Waals surface area contributed by atoms with Gasteiger partial charge in [-0.3, -0.25) is 19.4 Å². The molecule has 4 aromatic rings. The van der Waals surface area contributed by atoms with Gasteiger partial charge in [0.2, 0.25) is 0 Å². The summed E-state index contributed by atoms with van der Waals surface area (Å²) >= 11 is 0. The number of aryl methyl sites for hydroxylation is 1. The van der Waals surface area contributed by atoms with Crippen LogP contribution in [0.5, 0.6) is 0 Å². The van der Waals surface area contributed by atoms with Crippen molar-refractivity contribution in [3.05, 3.63) is 107 Å². The molecule has 6 rings (SSSR count). The van der Waals surface area contributed by atoms with Crippen LogP contribution in [0.1, 0.15) is 61.2 Å². The van der Waals surface area contributed by atoms with Crippen LogP contribution in [0.15, 0.2) is 79.3 Å². The Morgan fingerprint density at radius 3 is 2.59 bits per heavy atom. The molecule has 0 radical (unpaired) electrons. The fraction of sp³-hybridized carbons (Fsp3) is 0.226. The van der Waals surface area contributed by atoms with E-state index in [9.17, 15) is 14.4 Å². The van der Waals surface area contributed by atoms with E-state index in [4.69, 9.17) is 5.73 Å². The Bertz CT molecular complexity index is 1630. The average Bonchev–Trinajstić information content (AvgIpc) is 3.65. The fourth-order valence-electron chi connectivity index (χ4n) is 5.47. The van der Waals surface area contributed by atoms with Crippen LogP contribution in [0.2, 0.25) is 0 Å². The van der Waals surface area contributed by atoms with Crippen LogP contribution >= 0.6 is 0 Å². The van der Waals surface area contributed by atoms with Gasteiger partial charge in [0.05, 0.1) is 17.9 Å². The minimum atomic E-state index is -0.464. The monoisotopic (exact) mass is 547 g/mol. The third kappa shape index (κ3) is 5.49. The van der Waals surface area contributed by atoms with Gasteiger partial charge in [-0.05, 0) is 54.7 Å². The van der Waals surface area contributed by atoms with E-state index in [0.717, 1.165) is 18.4 Å². The van der Waals surface area contributed by atoms with Gasteiger partial charge in [-0.25, -0.2) is 9.97 Å². The summed E-state index contributed by atoms with van der Waals surface area (Å²) < 4.78 is 0. The number of amides is 3. The van der Waals surface area contributed by atoms with Crippen LogP contribution in [0, 0.1) is 0 Å². The molecule has 2 aromatic heterocycles. The van der Waals surface area contributed by atoms with Gasteiger partial charge in [-0.15, -0.1) is 0 Å². The summed E-state index contributed by atoms with van der Waals surface area (Å²) in [6.45, 7) is 0.900. The highest BCUT2D eigenvalue weighted by atomic mass is 16.2. The number of benzene rings is 2. The van der Waals surface area contributed by atoms with Crippen LogP contribution in [-0.2, 0) is 6.42 Å².